The summed E-state index contributed by atoms with van der Waals surface area (Å²) in [6, 6.07) is 0. The van der Waals surface area contributed by atoms with Crippen molar-refractivity contribution < 1.29 is 96.0 Å². The average molecular weight is 1730 g/mol. The zero-order valence-electron chi connectivity index (χ0n) is 81.0. The monoisotopic (exact) mass is 1730 g/mol. The van der Waals surface area contributed by atoms with Crippen molar-refractivity contribution in [2.45, 2.75) is 461 Å². The molecule has 0 amide bonds. The second-order valence-electron chi connectivity index (χ2n) is 48.2. The normalized spacial score (nSPS) is 38.4. The number of carbonyl (C=O) groups excluding carboxylic acids is 9. The molecular weight excluding hydrogens is 1560 g/mol. The number of aliphatic hydroxyl groups is 2. The average Bonchev–Trinajstić information content (AvgIpc) is 1.30. The van der Waals surface area contributed by atoms with Gasteiger partial charge >= 0.3 is 53.7 Å². The number of carbonyl (C=O) groups is 9. The summed E-state index contributed by atoms with van der Waals surface area (Å²) >= 11 is 0. The summed E-state index contributed by atoms with van der Waals surface area (Å²) < 4.78 is 50.8. The van der Waals surface area contributed by atoms with Crippen molar-refractivity contribution in [3.63, 3.8) is 0 Å². The Balaban J connectivity index is 0.000000140. The molecule has 0 aromatic carbocycles. The third kappa shape index (κ3) is 21.4. The van der Waals surface area contributed by atoms with E-state index in [9.17, 15) is 53.4 Å². The van der Waals surface area contributed by atoms with E-state index in [1.807, 2.05) is 118 Å². The van der Waals surface area contributed by atoms with Gasteiger partial charge in [-0.25, -0.2) is 4.79 Å². The van der Waals surface area contributed by atoms with E-state index in [0.717, 1.165) is 146 Å². The van der Waals surface area contributed by atoms with Gasteiger partial charge < -0.3 is 52.8 Å². The molecule has 2 aliphatic heterocycles. The van der Waals surface area contributed by atoms with Crippen molar-refractivity contribution in [2.24, 2.45) is 127 Å². The number of hydrogen-bond donors (Lipinski definition) is 2. The molecule has 2 saturated heterocycles. The van der Waals surface area contributed by atoms with Crippen LogP contribution < -0.4 is 0 Å². The van der Waals surface area contributed by atoms with Gasteiger partial charge in [0.25, 0.3) is 0 Å². The maximum atomic E-state index is 12.5. The summed E-state index contributed by atoms with van der Waals surface area (Å²) in [4.78, 5) is 108. The Labute approximate surface area is 740 Å². The third-order valence-corrected chi connectivity index (χ3v) is 36.0. The van der Waals surface area contributed by atoms with Crippen molar-refractivity contribution in [2.75, 3.05) is 6.61 Å². The summed E-state index contributed by atoms with van der Waals surface area (Å²) in [5.74, 6) is 7.99. The lowest BCUT2D eigenvalue weighted by Crippen LogP contribution is -2.61. The Morgan fingerprint density at radius 3 is 0.992 bits per heavy atom. The second kappa shape index (κ2) is 36.8. The fraction of sp³-hybridized carbons (Fsp3) is 0.913. The molecule has 2 N–H and O–H groups in total. The molecule has 18 bridgehead atoms. The van der Waals surface area contributed by atoms with Crippen molar-refractivity contribution in [1.29, 1.82) is 0 Å². The van der Waals surface area contributed by atoms with Gasteiger partial charge in [-0.3, -0.25) is 38.4 Å². The van der Waals surface area contributed by atoms with Gasteiger partial charge in [0.2, 0.25) is 6.10 Å². The predicted octanol–water partition coefficient (Wildman–Crippen LogP) is 21.3. The molecule has 0 radical (unpaired) electrons. The largest absolute Gasteiger partial charge is 0.463 e. The van der Waals surface area contributed by atoms with E-state index in [1.54, 1.807) is 13.8 Å². The molecule has 2 heterocycles. The van der Waals surface area contributed by atoms with Crippen LogP contribution >= 0.6 is 0 Å². The quantitative estimate of drug-likeness (QED) is 0.0752. The van der Waals surface area contributed by atoms with Crippen LogP contribution in [0.4, 0.5) is 0 Å². The van der Waals surface area contributed by atoms with Gasteiger partial charge in [0, 0.05) is 31.1 Å². The SMILES string of the molecule is CCC(C)(C)C(=O)OC1(C)C2CC3CC(C2)CC1C3.CCC(C)(C)C(=O)OC1(C)C2CC3CC(C2)CC1C3.CCC(C)(C)C(=O)OC12CC3CC(CC(O)(C3)C1)C2.CCC(C)(C)C(=O)OC12CC3CC(CC(O)(C3)C1)C2.CCC(C)(C)C(=O)OC1C2CC3C(=O)OC1C3C2.CCC(C)(C)C(=O)OC1CCOC1=O.CCC1(OC(=O)C(C)(C)CC)CCCC1. The minimum absolute atomic E-state index is 0.0185. The van der Waals surface area contributed by atoms with Crippen LogP contribution in [0.3, 0.4) is 0 Å². The van der Waals surface area contributed by atoms with Gasteiger partial charge in [-0.2, -0.15) is 0 Å². The van der Waals surface area contributed by atoms with Crippen LogP contribution in [0.15, 0.2) is 0 Å². The van der Waals surface area contributed by atoms with Gasteiger partial charge in [0.1, 0.15) is 40.2 Å². The van der Waals surface area contributed by atoms with Crippen molar-refractivity contribution >= 4 is 53.7 Å². The standard InChI is InChI=1S/2C17H28O2.2C16H26O3.C14H20O4.C13H24O2.C10H16O4/c2*1-5-16(2,3)15(18)19-17(4)13-7-11-6-12(9-13)10-14(17)8-11;2*1-4-14(2,3)13(17)19-16-8-11-5-12(9-16)7-15(18,6-11)10-16;1-4-14(2,3)13(16)18-10-7-5-8-9(6-7)12(15)17-11(8)10;1-5-12(3,4)11(14)15-13(6-2)9-7-8-10-13;1-4-10(2,3)9(12)14-7-5-6-13-8(7)11/h2*11-14H,5-10H2,1-4H3;2*11-12,18H,4-10H2,1-3H3;7-11H,4-6H2,1-3H3;5-10H2,1-4H3;7H,4-6H2,1-3H3. The van der Waals surface area contributed by atoms with Gasteiger partial charge in [-0.15, -0.1) is 0 Å². The van der Waals surface area contributed by atoms with E-state index < -0.39 is 44.9 Å². The van der Waals surface area contributed by atoms with E-state index in [-0.39, 0.29) is 110 Å². The first-order valence-corrected chi connectivity index (χ1v) is 49.5. The fourth-order valence-corrected chi connectivity index (χ4v) is 25.5. The minimum atomic E-state index is -0.687. The van der Waals surface area contributed by atoms with Crippen LogP contribution in [-0.2, 0) is 85.8 Å². The molecule has 0 aromatic rings. The molecule has 0 aromatic heterocycles. The van der Waals surface area contributed by atoms with Crippen LogP contribution in [0.2, 0.25) is 0 Å². The first-order valence-electron chi connectivity index (χ1n) is 49.5. The van der Waals surface area contributed by atoms with Crippen LogP contribution in [0, 0.1) is 127 Å². The number of esters is 9. The molecule has 21 aliphatic rings. The van der Waals surface area contributed by atoms with E-state index >= 15 is 0 Å². The van der Waals surface area contributed by atoms with Crippen molar-refractivity contribution in [3.8, 4) is 0 Å². The summed E-state index contributed by atoms with van der Waals surface area (Å²) in [5.41, 5.74) is -5.10. The van der Waals surface area contributed by atoms with E-state index in [1.165, 1.54) is 89.9 Å². The van der Waals surface area contributed by atoms with E-state index in [4.69, 9.17) is 42.6 Å². The Kier molecular flexibility index (Phi) is 29.6. The molecule has 20 heteroatoms. The van der Waals surface area contributed by atoms with Gasteiger partial charge in [-0.1, -0.05) is 55.4 Å². The zero-order chi connectivity index (χ0) is 90.8. The Hall–Kier alpha value is -4.85. The number of ether oxygens (including phenoxy) is 9. The highest BCUT2D eigenvalue weighted by atomic mass is 16.6. The lowest BCUT2D eigenvalue weighted by Gasteiger charge is -2.59. The number of hydrogen-bond acceptors (Lipinski definition) is 20. The number of cyclic esters (lactones) is 1. The van der Waals surface area contributed by atoms with Gasteiger partial charge in [0.15, 0.2) is 0 Å². The van der Waals surface area contributed by atoms with Gasteiger partial charge in [0.05, 0.1) is 61.6 Å². The van der Waals surface area contributed by atoms with Crippen molar-refractivity contribution in [3.05, 3.63) is 0 Å². The molecule has 21 fully saturated rings. The van der Waals surface area contributed by atoms with Crippen LogP contribution in [0.1, 0.15) is 404 Å². The molecule has 19 saturated carbocycles. The molecule has 10 atom stereocenters. The lowest BCUT2D eigenvalue weighted by molar-refractivity contribution is -0.226. The minimum Gasteiger partial charge on any atom is -0.463 e. The van der Waals surface area contributed by atoms with Gasteiger partial charge in [-0.05, 0) is 400 Å². The maximum Gasteiger partial charge on any atom is 0.347 e. The highest BCUT2D eigenvalue weighted by molar-refractivity contribution is 5.83. The summed E-state index contributed by atoms with van der Waals surface area (Å²) in [7, 11) is 0. The first-order chi connectivity index (χ1) is 57.1. The van der Waals surface area contributed by atoms with Crippen LogP contribution in [0.25, 0.3) is 0 Å². The zero-order valence-corrected chi connectivity index (χ0v) is 81.0. The van der Waals surface area contributed by atoms with Crippen LogP contribution in [0.5, 0.6) is 0 Å². The molecule has 10 unspecified atom stereocenters. The number of fused-ring (bicyclic) bond motifs is 1. The molecule has 21 rings (SSSR count). The Morgan fingerprint density at radius 2 is 0.683 bits per heavy atom. The molecule has 20 nitrogen and oxygen atoms in total. The molecule has 123 heavy (non-hydrogen) atoms. The Morgan fingerprint density at radius 1 is 0.374 bits per heavy atom. The van der Waals surface area contributed by atoms with Crippen molar-refractivity contribution in [1.82, 2.24) is 0 Å². The predicted molar refractivity (Wildman–Crippen MR) is 471 cm³/mol. The van der Waals surface area contributed by atoms with E-state index in [2.05, 4.69) is 34.6 Å². The highest BCUT2D eigenvalue weighted by Crippen LogP contribution is 2.65. The summed E-state index contributed by atoms with van der Waals surface area (Å²) in [6.07, 6.45) is 36.8. The molecule has 700 valence electrons. The third-order valence-electron chi connectivity index (χ3n) is 36.0. The lowest BCUT2D eigenvalue weighted by atomic mass is 9.50. The Bertz CT molecular complexity index is 3530. The molecule has 0 spiro atoms. The summed E-state index contributed by atoms with van der Waals surface area (Å²) in [5, 5.41) is 21.3. The van der Waals surface area contributed by atoms with Crippen LogP contribution in [-0.4, -0.2) is 128 Å². The summed E-state index contributed by atoms with van der Waals surface area (Å²) in [6.45, 7) is 48.2. The highest BCUT2D eigenvalue weighted by Gasteiger charge is 2.66. The molecular formula is C103H168O20. The fourth-order valence-electron chi connectivity index (χ4n) is 25.5. The smallest absolute Gasteiger partial charge is 0.347 e. The molecule has 19 aliphatic carbocycles. The first kappa shape index (κ1) is 98.7. The van der Waals surface area contributed by atoms with E-state index in [0.29, 0.717) is 91.5 Å². The topological polar surface area (TPSA) is 277 Å². The maximum absolute atomic E-state index is 12.5. The number of rotatable bonds is 22. The second-order valence-corrected chi connectivity index (χ2v) is 48.2.